The van der Waals surface area contributed by atoms with Gasteiger partial charge in [0.15, 0.2) is 12.4 Å². The number of ketones is 1. The molecule has 3 aromatic carbocycles. The van der Waals surface area contributed by atoms with Gasteiger partial charge in [-0.25, -0.2) is 4.79 Å². The number of nitrogens with zero attached hydrogens (tertiary/aromatic N) is 1. The van der Waals surface area contributed by atoms with E-state index in [1.807, 2.05) is 30.3 Å². The molecule has 166 valence electrons. The molecule has 0 aromatic heterocycles. The van der Waals surface area contributed by atoms with E-state index < -0.39 is 10.9 Å². The van der Waals surface area contributed by atoms with Gasteiger partial charge in [-0.1, -0.05) is 30.3 Å². The smallest absolute Gasteiger partial charge is 0.344 e. The van der Waals surface area contributed by atoms with Crippen LogP contribution in [0.4, 0.5) is 5.69 Å². The lowest BCUT2D eigenvalue weighted by molar-refractivity contribution is -0.384. The van der Waals surface area contributed by atoms with Crippen LogP contribution in [0, 0.1) is 17.0 Å². The van der Waals surface area contributed by atoms with Crippen molar-refractivity contribution in [2.75, 3.05) is 6.61 Å². The maximum atomic E-state index is 12.7. The number of fused-ring (bicyclic) bond motifs is 1. The van der Waals surface area contributed by atoms with Gasteiger partial charge in [0.2, 0.25) is 5.78 Å². The van der Waals surface area contributed by atoms with Crippen LogP contribution in [0.15, 0.2) is 72.5 Å². The van der Waals surface area contributed by atoms with Gasteiger partial charge in [-0.3, -0.25) is 14.9 Å². The molecule has 0 amide bonds. The molecule has 33 heavy (non-hydrogen) atoms. The highest BCUT2D eigenvalue weighted by atomic mass is 16.6. The van der Waals surface area contributed by atoms with Crippen molar-refractivity contribution in [1.82, 2.24) is 0 Å². The van der Waals surface area contributed by atoms with Crippen LogP contribution in [-0.4, -0.2) is 23.3 Å². The Morgan fingerprint density at radius 3 is 2.48 bits per heavy atom. The summed E-state index contributed by atoms with van der Waals surface area (Å²) in [5.74, 6) is 0.0225. The molecule has 0 saturated heterocycles. The summed E-state index contributed by atoms with van der Waals surface area (Å²) in [6.45, 7) is 1.60. The zero-order valence-electron chi connectivity index (χ0n) is 17.6. The molecule has 0 spiro atoms. The average molecular weight is 445 g/mol. The lowest BCUT2D eigenvalue weighted by Gasteiger charge is -2.11. The molecule has 1 aliphatic rings. The standard InChI is InChI=1S/C25H19NO7/c1-16-21(31-15-23(27)32-14-18-5-3-2-4-6-18)12-11-20-24(28)22(33-25(16)20)13-17-7-9-19(10-8-17)26(29)30/h2-13H,14-15H2,1H3/b22-13-. The summed E-state index contributed by atoms with van der Waals surface area (Å²) in [4.78, 5) is 35.0. The Kier molecular flexibility index (Phi) is 6.17. The minimum absolute atomic E-state index is 0.0426. The van der Waals surface area contributed by atoms with Crippen molar-refractivity contribution < 1.29 is 28.7 Å². The third-order valence-electron chi connectivity index (χ3n) is 5.03. The van der Waals surface area contributed by atoms with Crippen molar-refractivity contribution in [3.63, 3.8) is 0 Å². The monoisotopic (exact) mass is 445 g/mol. The molecule has 0 radical (unpaired) electrons. The van der Waals surface area contributed by atoms with E-state index in [-0.39, 0.29) is 30.4 Å². The second-order valence-corrected chi connectivity index (χ2v) is 7.29. The van der Waals surface area contributed by atoms with Crippen LogP contribution in [0.3, 0.4) is 0 Å². The third-order valence-corrected chi connectivity index (χ3v) is 5.03. The molecule has 3 aromatic rings. The summed E-state index contributed by atoms with van der Waals surface area (Å²) in [6, 6.07) is 18.3. The quantitative estimate of drug-likeness (QED) is 0.226. The van der Waals surface area contributed by atoms with Crippen molar-refractivity contribution in [3.05, 3.63) is 105 Å². The van der Waals surface area contributed by atoms with Crippen molar-refractivity contribution in [2.45, 2.75) is 13.5 Å². The minimum Gasteiger partial charge on any atom is -0.481 e. The fourth-order valence-electron chi connectivity index (χ4n) is 3.28. The largest absolute Gasteiger partial charge is 0.481 e. The van der Waals surface area contributed by atoms with E-state index in [0.29, 0.717) is 28.2 Å². The van der Waals surface area contributed by atoms with E-state index in [2.05, 4.69) is 0 Å². The SMILES string of the molecule is Cc1c(OCC(=O)OCc2ccccc2)ccc2c1O/C(=C\c1ccc([N+](=O)[O-])cc1)C2=O. The minimum atomic E-state index is -0.519. The molecule has 4 rings (SSSR count). The number of benzene rings is 3. The van der Waals surface area contributed by atoms with Crippen LogP contribution in [0.1, 0.15) is 27.0 Å². The Hall–Kier alpha value is -4.46. The Morgan fingerprint density at radius 2 is 1.79 bits per heavy atom. The van der Waals surface area contributed by atoms with Gasteiger partial charge < -0.3 is 14.2 Å². The second-order valence-electron chi connectivity index (χ2n) is 7.29. The molecule has 0 N–H and O–H groups in total. The molecule has 0 bridgehead atoms. The number of nitro benzene ring substituents is 1. The Morgan fingerprint density at radius 1 is 1.06 bits per heavy atom. The van der Waals surface area contributed by atoms with Gasteiger partial charge in [0.1, 0.15) is 18.1 Å². The van der Waals surface area contributed by atoms with E-state index in [9.17, 15) is 19.7 Å². The summed E-state index contributed by atoms with van der Waals surface area (Å²) in [5.41, 5.74) is 2.37. The maximum Gasteiger partial charge on any atom is 0.344 e. The molecule has 1 aliphatic heterocycles. The number of Topliss-reactive ketones (excluding diaryl/α,β-unsaturated/α-hetero) is 1. The number of esters is 1. The first-order chi connectivity index (χ1) is 15.9. The normalized spacial score (nSPS) is 13.4. The van der Waals surface area contributed by atoms with Crippen LogP contribution in [0.25, 0.3) is 6.08 Å². The number of allylic oxidation sites excluding steroid dienone is 1. The molecule has 0 saturated carbocycles. The van der Waals surface area contributed by atoms with Gasteiger partial charge >= 0.3 is 5.97 Å². The highest BCUT2D eigenvalue weighted by Gasteiger charge is 2.30. The molecule has 0 fully saturated rings. The first kappa shape index (κ1) is 21.8. The van der Waals surface area contributed by atoms with Crippen molar-refractivity contribution in [3.8, 4) is 11.5 Å². The summed E-state index contributed by atoms with van der Waals surface area (Å²) in [5, 5.41) is 10.8. The van der Waals surface area contributed by atoms with Crippen LogP contribution in [-0.2, 0) is 16.1 Å². The summed E-state index contributed by atoms with van der Waals surface area (Å²) in [6.07, 6.45) is 1.52. The number of hydrogen-bond acceptors (Lipinski definition) is 7. The van der Waals surface area contributed by atoms with Crippen LogP contribution >= 0.6 is 0 Å². The van der Waals surface area contributed by atoms with E-state index in [4.69, 9.17) is 14.2 Å². The topological polar surface area (TPSA) is 105 Å². The molecule has 8 nitrogen and oxygen atoms in total. The Balaban J connectivity index is 1.42. The average Bonchev–Trinajstić information content (AvgIpc) is 3.14. The zero-order chi connectivity index (χ0) is 23.4. The number of carbonyl (C=O) groups is 2. The maximum absolute atomic E-state index is 12.7. The predicted octanol–water partition coefficient (Wildman–Crippen LogP) is 4.64. The van der Waals surface area contributed by atoms with Gasteiger partial charge in [-0.15, -0.1) is 0 Å². The molecule has 8 heteroatoms. The summed E-state index contributed by atoms with van der Waals surface area (Å²) >= 11 is 0. The third kappa shape index (κ3) is 4.90. The van der Waals surface area contributed by atoms with E-state index in [1.54, 1.807) is 19.1 Å². The Bertz CT molecular complexity index is 1250. The summed E-state index contributed by atoms with van der Waals surface area (Å²) in [7, 11) is 0. The van der Waals surface area contributed by atoms with Crippen LogP contribution in [0.5, 0.6) is 11.5 Å². The lowest BCUT2D eigenvalue weighted by Crippen LogP contribution is -2.15. The molecular formula is C25H19NO7. The summed E-state index contributed by atoms with van der Waals surface area (Å²) < 4.78 is 16.6. The van der Waals surface area contributed by atoms with E-state index >= 15 is 0 Å². The number of ether oxygens (including phenoxy) is 3. The number of carbonyl (C=O) groups excluding carboxylic acids is 2. The molecular weight excluding hydrogens is 426 g/mol. The van der Waals surface area contributed by atoms with Gasteiger partial charge in [0.25, 0.3) is 5.69 Å². The van der Waals surface area contributed by atoms with Gasteiger partial charge in [-0.05, 0) is 48.4 Å². The number of hydrogen-bond donors (Lipinski definition) is 0. The number of non-ortho nitro benzene ring substituents is 1. The number of nitro groups is 1. The van der Waals surface area contributed by atoms with Crippen LogP contribution in [0.2, 0.25) is 0 Å². The van der Waals surface area contributed by atoms with Crippen molar-refractivity contribution in [2.24, 2.45) is 0 Å². The van der Waals surface area contributed by atoms with E-state index in [1.165, 1.54) is 30.3 Å². The molecule has 1 heterocycles. The highest BCUT2D eigenvalue weighted by molar-refractivity contribution is 6.15. The molecule has 0 unspecified atom stereocenters. The van der Waals surface area contributed by atoms with Crippen LogP contribution < -0.4 is 9.47 Å². The predicted molar refractivity (Wildman–Crippen MR) is 119 cm³/mol. The van der Waals surface area contributed by atoms with E-state index in [0.717, 1.165) is 5.56 Å². The van der Waals surface area contributed by atoms with Crippen molar-refractivity contribution >= 4 is 23.5 Å². The fraction of sp³-hybridized carbons (Fsp3) is 0.120. The Labute approximate surface area is 189 Å². The first-order valence-electron chi connectivity index (χ1n) is 10.1. The first-order valence-corrected chi connectivity index (χ1v) is 10.1. The van der Waals surface area contributed by atoms with Crippen molar-refractivity contribution in [1.29, 1.82) is 0 Å². The molecule has 0 aliphatic carbocycles. The van der Waals surface area contributed by atoms with Gasteiger partial charge in [-0.2, -0.15) is 0 Å². The zero-order valence-corrected chi connectivity index (χ0v) is 17.6. The number of rotatable bonds is 7. The van der Waals surface area contributed by atoms with Gasteiger partial charge in [0, 0.05) is 17.7 Å². The lowest BCUT2D eigenvalue weighted by atomic mass is 10.1. The molecule has 0 atom stereocenters. The fourth-order valence-corrected chi connectivity index (χ4v) is 3.28. The highest BCUT2D eigenvalue weighted by Crippen LogP contribution is 2.39. The van der Waals surface area contributed by atoms with Gasteiger partial charge in [0.05, 0.1) is 10.5 Å². The second kappa shape index (κ2) is 9.35.